The molecule has 0 bridgehead atoms. The summed E-state index contributed by atoms with van der Waals surface area (Å²) in [7, 11) is 0. The van der Waals surface area contributed by atoms with Gasteiger partial charge in [0, 0.05) is 18.3 Å². The average molecular weight is 211 g/mol. The smallest absolute Gasteiger partial charge is 0.337 e. The van der Waals surface area contributed by atoms with Crippen molar-refractivity contribution in [3.8, 4) is 5.88 Å². The summed E-state index contributed by atoms with van der Waals surface area (Å²) >= 11 is 0. The Balaban J connectivity index is 2.67. The van der Waals surface area contributed by atoms with Crippen molar-refractivity contribution in [2.24, 2.45) is 0 Å². The van der Waals surface area contributed by atoms with Gasteiger partial charge in [0.05, 0.1) is 0 Å². The predicted octanol–water partition coefficient (Wildman–Crippen LogP) is 0.767. The molecule has 0 saturated heterocycles. The summed E-state index contributed by atoms with van der Waals surface area (Å²) in [5.74, 6) is -3.59. The van der Waals surface area contributed by atoms with E-state index >= 15 is 0 Å². The number of nitrogens with zero attached hydrogens (tertiary/aromatic N) is 1. The summed E-state index contributed by atoms with van der Waals surface area (Å²) in [5.41, 5.74) is 0. The van der Waals surface area contributed by atoms with Crippen LogP contribution in [0, 0.1) is 5.82 Å². The maximum Gasteiger partial charge on any atom is 0.337 e. The molecule has 0 unspecified atom stereocenters. The Bertz CT molecular complexity index is 416. The number of carboxylic acids is 1. The van der Waals surface area contributed by atoms with Gasteiger partial charge in [0.1, 0.15) is 0 Å². The highest BCUT2D eigenvalue weighted by molar-refractivity contribution is 5.91. The summed E-state index contributed by atoms with van der Waals surface area (Å²) in [6, 6.07) is 2.40. The van der Waals surface area contributed by atoms with Gasteiger partial charge in [0.2, 0.25) is 0 Å². The first-order valence-electron chi connectivity index (χ1n) is 3.83. The first kappa shape index (κ1) is 10.8. The third-order valence-corrected chi connectivity index (χ3v) is 1.28. The van der Waals surface area contributed by atoms with Gasteiger partial charge in [-0.2, -0.15) is 0 Å². The normalized spacial score (nSPS) is 10.2. The monoisotopic (exact) mass is 211 g/mol. The average Bonchev–Trinajstić information content (AvgIpc) is 2.18. The molecule has 15 heavy (non-hydrogen) atoms. The van der Waals surface area contributed by atoms with Crippen LogP contribution in [-0.2, 0) is 9.59 Å². The molecule has 0 amide bonds. The van der Waals surface area contributed by atoms with E-state index in [4.69, 9.17) is 5.11 Å². The third-order valence-electron chi connectivity index (χ3n) is 1.28. The van der Waals surface area contributed by atoms with Crippen molar-refractivity contribution in [2.45, 2.75) is 0 Å². The van der Waals surface area contributed by atoms with Gasteiger partial charge in [-0.1, -0.05) is 0 Å². The molecule has 0 fully saturated rings. The lowest BCUT2D eigenvalue weighted by atomic mass is 10.4. The summed E-state index contributed by atoms with van der Waals surface area (Å²) in [6.07, 6.45) is 2.49. The first-order chi connectivity index (χ1) is 7.09. The Morgan fingerprint density at radius 2 is 2.20 bits per heavy atom. The Hall–Kier alpha value is -2.24. The van der Waals surface area contributed by atoms with Gasteiger partial charge in [-0.15, -0.1) is 0 Å². The van der Waals surface area contributed by atoms with E-state index < -0.39 is 23.6 Å². The van der Waals surface area contributed by atoms with Crippen LogP contribution in [0.3, 0.4) is 0 Å². The van der Waals surface area contributed by atoms with Crippen LogP contribution < -0.4 is 4.74 Å². The van der Waals surface area contributed by atoms with E-state index in [1.807, 2.05) is 0 Å². The van der Waals surface area contributed by atoms with Gasteiger partial charge in [0.15, 0.2) is 5.82 Å². The number of esters is 1. The molecule has 0 aliphatic heterocycles. The minimum absolute atomic E-state index is 0.488. The van der Waals surface area contributed by atoms with E-state index in [9.17, 15) is 14.0 Å². The number of carbonyl (C=O) groups is 2. The van der Waals surface area contributed by atoms with Gasteiger partial charge in [-0.3, -0.25) is 0 Å². The Morgan fingerprint density at radius 1 is 1.47 bits per heavy atom. The lowest BCUT2D eigenvalue weighted by Crippen LogP contribution is -2.07. The number of aliphatic carboxylic acids is 1. The molecular weight excluding hydrogens is 205 g/mol. The highest BCUT2D eigenvalue weighted by Gasteiger charge is 2.07. The molecule has 1 N–H and O–H groups in total. The van der Waals surface area contributed by atoms with Gasteiger partial charge in [0.25, 0.3) is 5.88 Å². The topological polar surface area (TPSA) is 76.5 Å². The van der Waals surface area contributed by atoms with E-state index in [0.29, 0.717) is 12.2 Å². The molecule has 0 radical (unpaired) electrons. The summed E-state index contributed by atoms with van der Waals surface area (Å²) in [4.78, 5) is 24.4. The number of halogens is 1. The fraction of sp³-hybridized carbons (Fsp3) is 0. The van der Waals surface area contributed by atoms with Gasteiger partial charge < -0.3 is 9.84 Å². The SMILES string of the molecule is O=C(O)/C=C\C(=O)Oc1ncccc1F. The van der Waals surface area contributed by atoms with Gasteiger partial charge >= 0.3 is 11.9 Å². The van der Waals surface area contributed by atoms with Crippen molar-refractivity contribution >= 4 is 11.9 Å². The van der Waals surface area contributed by atoms with Crippen LogP contribution in [0.25, 0.3) is 0 Å². The molecule has 0 aliphatic rings. The van der Waals surface area contributed by atoms with Crippen LogP contribution in [0.15, 0.2) is 30.5 Å². The zero-order chi connectivity index (χ0) is 11.3. The molecule has 0 aliphatic carbocycles. The van der Waals surface area contributed by atoms with E-state index in [0.717, 1.165) is 6.07 Å². The fourth-order valence-corrected chi connectivity index (χ4v) is 0.715. The molecule has 0 spiro atoms. The minimum Gasteiger partial charge on any atom is -0.478 e. The standard InChI is InChI=1S/C9H6FNO4/c10-6-2-1-5-11-9(6)15-8(14)4-3-7(12)13/h1-5H,(H,12,13)/b4-3-. The molecule has 0 atom stereocenters. The number of aromatic nitrogens is 1. The molecule has 1 heterocycles. The second kappa shape index (κ2) is 4.85. The van der Waals surface area contributed by atoms with Crippen molar-refractivity contribution in [1.29, 1.82) is 0 Å². The lowest BCUT2D eigenvalue weighted by Gasteiger charge is -1.99. The maximum atomic E-state index is 12.9. The van der Waals surface area contributed by atoms with Crippen LogP contribution >= 0.6 is 0 Å². The predicted molar refractivity (Wildman–Crippen MR) is 46.6 cm³/mol. The fourth-order valence-electron chi connectivity index (χ4n) is 0.715. The summed E-state index contributed by atoms with van der Waals surface area (Å²) in [6.45, 7) is 0. The number of hydrogen-bond donors (Lipinski definition) is 1. The Labute approximate surface area is 83.8 Å². The van der Waals surface area contributed by atoms with Crippen LogP contribution in [0.5, 0.6) is 5.88 Å². The molecule has 6 heteroatoms. The number of carbonyl (C=O) groups excluding carboxylic acids is 1. The van der Waals surface area contributed by atoms with Crippen LogP contribution in [-0.4, -0.2) is 22.0 Å². The molecule has 0 saturated carbocycles. The highest BCUT2D eigenvalue weighted by Crippen LogP contribution is 2.11. The minimum atomic E-state index is -1.30. The van der Waals surface area contributed by atoms with E-state index in [2.05, 4.69) is 9.72 Å². The van der Waals surface area contributed by atoms with Crippen molar-refractivity contribution in [3.63, 3.8) is 0 Å². The van der Waals surface area contributed by atoms with E-state index in [-0.39, 0.29) is 0 Å². The van der Waals surface area contributed by atoms with Crippen LogP contribution in [0.1, 0.15) is 0 Å². The molecule has 1 rings (SSSR count). The molecule has 5 nitrogen and oxygen atoms in total. The molecule has 1 aromatic heterocycles. The number of pyridine rings is 1. The van der Waals surface area contributed by atoms with Crippen LogP contribution in [0.2, 0.25) is 0 Å². The Morgan fingerprint density at radius 3 is 2.80 bits per heavy atom. The van der Waals surface area contributed by atoms with Crippen molar-refractivity contribution < 1.29 is 23.8 Å². The molecule has 1 aromatic rings. The van der Waals surface area contributed by atoms with E-state index in [1.165, 1.54) is 12.3 Å². The van der Waals surface area contributed by atoms with Crippen molar-refractivity contribution in [1.82, 2.24) is 4.98 Å². The quantitative estimate of drug-likeness (QED) is 0.590. The maximum absolute atomic E-state index is 12.9. The van der Waals surface area contributed by atoms with E-state index in [1.54, 1.807) is 0 Å². The second-order valence-corrected chi connectivity index (χ2v) is 2.38. The molecule has 78 valence electrons. The zero-order valence-electron chi connectivity index (χ0n) is 7.38. The Kier molecular flexibility index (Phi) is 3.50. The number of hydrogen-bond acceptors (Lipinski definition) is 4. The first-order valence-corrected chi connectivity index (χ1v) is 3.83. The zero-order valence-corrected chi connectivity index (χ0v) is 7.38. The number of rotatable bonds is 3. The van der Waals surface area contributed by atoms with Crippen LogP contribution in [0.4, 0.5) is 4.39 Å². The van der Waals surface area contributed by atoms with Gasteiger partial charge in [-0.25, -0.2) is 19.0 Å². The lowest BCUT2D eigenvalue weighted by molar-refractivity contribution is -0.133. The summed E-state index contributed by atoms with van der Waals surface area (Å²) in [5, 5.41) is 8.20. The second-order valence-electron chi connectivity index (χ2n) is 2.38. The van der Waals surface area contributed by atoms with Crippen molar-refractivity contribution in [3.05, 3.63) is 36.3 Å². The van der Waals surface area contributed by atoms with Gasteiger partial charge in [-0.05, 0) is 12.1 Å². The molecule has 0 aromatic carbocycles. The summed E-state index contributed by atoms with van der Waals surface area (Å²) < 4.78 is 17.3. The highest BCUT2D eigenvalue weighted by atomic mass is 19.1. The largest absolute Gasteiger partial charge is 0.478 e. The number of ether oxygens (including phenoxy) is 1. The third kappa shape index (κ3) is 3.55. The molecular formula is C9H6FNO4. The van der Waals surface area contributed by atoms with Crippen molar-refractivity contribution in [2.75, 3.05) is 0 Å². The number of carboxylic acid groups (broad SMARTS) is 1.